The molecule has 0 radical (unpaired) electrons. The van der Waals surface area contributed by atoms with Gasteiger partial charge < -0.3 is 5.32 Å². The van der Waals surface area contributed by atoms with E-state index in [4.69, 9.17) is 0 Å². The minimum Gasteiger partial charge on any atom is -0.313 e. The van der Waals surface area contributed by atoms with Gasteiger partial charge in [0.1, 0.15) is 5.82 Å². The molecule has 1 N–H and O–H groups in total. The summed E-state index contributed by atoms with van der Waals surface area (Å²) in [7, 11) is 0. The van der Waals surface area contributed by atoms with Crippen molar-refractivity contribution in [3.63, 3.8) is 0 Å². The first kappa shape index (κ1) is 12.6. The summed E-state index contributed by atoms with van der Waals surface area (Å²) in [5.74, 6) is -0.0337. The summed E-state index contributed by atoms with van der Waals surface area (Å²) < 4.78 is 13.8. The molecule has 0 aliphatic heterocycles. The van der Waals surface area contributed by atoms with Crippen LogP contribution in [0, 0.1) is 5.82 Å². The molecule has 17 heavy (non-hydrogen) atoms. The smallest absolute Gasteiger partial charge is 0.127 e. The molecule has 0 spiro atoms. The van der Waals surface area contributed by atoms with Crippen LogP contribution in [-0.4, -0.2) is 6.54 Å². The second-order valence-electron chi connectivity index (χ2n) is 4.90. The molecule has 1 aromatic carbocycles. The lowest BCUT2D eigenvalue weighted by Gasteiger charge is -2.11. The SMILES string of the molecule is CCCCCNCc1c(F)ccc2c1CCC2. The first-order valence-corrected chi connectivity index (χ1v) is 6.82. The highest BCUT2D eigenvalue weighted by atomic mass is 19.1. The third-order valence-electron chi connectivity index (χ3n) is 3.60. The van der Waals surface area contributed by atoms with Crippen molar-refractivity contribution in [2.24, 2.45) is 0 Å². The van der Waals surface area contributed by atoms with Crippen molar-refractivity contribution in [3.05, 3.63) is 34.6 Å². The van der Waals surface area contributed by atoms with E-state index in [0.717, 1.165) is 24.9 Å². The van der Waals surface area contributed by atoms with Crippen LogP contribution in [0.5, 0.6) is 0 Å². The van der Waals surface area contributed by atoms with Gasteiger partial charge in [0.25, 0.3) is 0 Å². The van der Waals surface area contributed by atoms with E-state index >= 15 is 0 Å². The van der Waals surface area contributed by atoms with Crippen LogP contribution in [0.4, 0.5) is 4.39 Å². The Kier molecular flexibility index (Phi) is 4.55. The Morgan fingerprint density at radius 2 is 2.12 bits per heavy atom. The Morgan fingerprint density at radius 1 is 1.24 bits per heavy atom. The lowest BCUT2D eigenvalue weighted by molar-refractivity contribution is 0.570. The number of benzene rings is 1. The number of fused-ring (bicyclic) bond motifs is 1. The molecule has 2 heteroatoms. The van der Waals surface area contributed by atoms with Crippen molar-refractivity contribution < 1.29 is 4.39 Å². The number of unbranched alkanes of at least 4 members (excludes halogenated alkanes) is 2. The van der Waals surface area contributed by atoms with Gasteiger partial charge >= 0.3 is 0 Å². The molecule has 1 aromatic rings. The van der Waals surface area contributed by atoms with Gasteiger partial charge in [-0.2, -0.15) is 0 Å². The summed E-state index contributed by atoms with van der Waals surface area (Å²) in [6.45, 7) is 3.89. The highest BCUT2D eigenvalue weighted by molar-refractivity contribution is 5.39. The number of hydrogen-bond donors (Lipinski definition) is 1. The van der Waals surface area contributed by atoms with Crippen LogP contribution < -0.4 is 5.32 Å². The molecule has 0 atom stereocenters. The Hall–Kier alpha value is -0.890. The zero-order chi connectivity index (χ0) is 12.1. The van der Waals surface area contributed by atoms with E-state index in [1.54, 1.807) is 6.07 Å². The van der Waals surface area contributed by atoms with Crippen molar-refractivity contribution in [1.29, 1.82) is 0 Å². The number of rotatable bonds is 6. The molecule has 2 rings (SSSR count). The van der Waals surface area contributed by atoms with Gasteiger partial charge in [-0.15, -0.1) is 0 Å². The van der Waals surface area contributed by atoms with E-state index in [2.05, 4.69) is 12.2 Å². The fourth-order valence-corrected chi connectivity index (χ4v) is 2.62. The molecule has 0 unspecified atom stereocenters. The molecule has 0 fully saturated rings. The van der Waals surface area contributed by atoms with Crippen molar-refractivity contribution in [2.45, 2.75) is 52.0 Å². The second-order valence-corrected chi connectivity index (χ2v) is 4.90. The zero-order valence-electron chi connectivity index (χ0n) is 10.7. The zero-order valence-corrected chi connectivity index (χ0v) is 10.7. The van der Waals surface area contributed by atoms with Gasteiger partial charge in [-0.3, -0.25) is 0 Å². The molecule has 94 valence electrons. The van der Waals surface area contributed by atoms with Gasteiger partial charge in [0.05, 0.1) is 0 Å². The molecule has 0 amide bonds. The third-order valence-corrected chi connectivity index (χ3v) is 3.60. The van der Waals surface area contributed by atoms with Crippen LogP contribution >= 0.6 is 0 Å². The Bertz CT molecular complexity index is 373. The molecule has 1 aliphatic rings. The first-order valence-electron chi connectivity index (χ1n) is 6.82. The van der Waals surface area contributed by atoms with Crippen LogP contribution in [-0.2, 0) is 19.4 Å². The van der Waals surface area contributed by atoms with Crippen LogP contribution in [0.2, 0.25) is 0 Å². The van der Waals surface area contributed by atoms with Gasteiger partial charge in [0.2, 0.25) is 0 Å². The maximum absolute atomic E-state index is 13.8. The van der Waals surface area contributed by atoms with Crippen molar-refractivity contribution >= 4 is 0 Å². The predicted octanol–water partition coefficient (Wildman–Crippen LogP) is 3.59. The first-order chi connectivity index (χ1) is 8.33. The van der Waals surface area contributed by atoms with Crippen molar-refractivity contribution in [1.82, 2.24) is 5.32 Å². The molecule has 0 aromatic heterocycles. The minimum atomic E-state index is -0.0337. The molecule has 0 heterocycles. The summed E-state index contributed by atoms with van der Waals surface area (Å²) in [6, 6.07) is 3.59. The molecular weight excluding hydrogens is 213 g/mol. The second kappa shape index (κ2) is 6.15. The monoisotopic (exact) mass is 235 g/mol. The maximum atomic E-state index is 13.8. The van der Waals surface area contributed by atoms with Crippen LogP contribution in [0.1, 0.15) is 49.3 Å². The Labute approximate surface area is 103 Å². The fourth-order valence-electron chi connectivity index (χ4n) is 2.62. The number of halogens is 1. The van der Waals surface area contributed by atoms with E-state index in [-0.39, 0.29) is 5.82 Å². The summed E-state index contributed by atoms with van der Waals surface area (Å²) in [5.41, 5.74) is 3.54. The Morgan fingerprint density at radius 3 is 2.94 bits per heavy atom. The average molecular weight is 235 g/mol. The van der Waals surface area contributed by atoms with Gasteiger partial charge in [-0.25, -0.2) is 4.39 Å². The number of aryl methyl sites for hydroxylation is 1. The minimum absolute atomic E-state index is 0.0337. The van der Waals surface area contributed by atoms with E-state index in [9.17, 15) is 4.39 Å². The van der Waals surface area contributed by atoms with E-state index in [0.29, 0.717) is 6.54 Å². The summed E-state index contributed by atoms with van der Waals surface area (Å²) >= 11 is 0. The summed E-state index contributed by atoms with van der Waals surface area (Å²) in [4.78, 5) is 0. The van der Waals surface area contributed by atoms with Crippen molar-refractivity contribution in [2.75, 3.05) is 6.54 Å². The van der Waals surface area contributed by atoms with Crippen LogP contribution in [0.3, 0.4) is 0 Å². The largest absolute Gasteiger partial charge is 0.313 e. The van der Waals surface area contributed by atoms with Gasteiger partial charge in [0.15, 0.2) is 0 Å². The molecule has 1 aliphatic carbocycles. The van der Waals surface area contributed by atoms with E-state index in [1.807, 2.05) is 6.07 Å². The molecule has 0 bridgehead atoms. The molecular formula is C15H22FN. The lowest BCUT2D eigenvalue weighted by atomic mass is 10.0. The van der Waals surface area contributed by atoms with Gasteiger partial charge in [-0.05, 0) is 49.4 Å². The third kappa shape index (κ3) is 3.06. The molecule has 0 saturated carbocycles. The highest BCUT2D eigenvalue weighted by Gasteiger charge is 2.17. The van der Waals surface area contributed by atoms with Crippen LogP contribution in [0.25, 0.3) is 0 Å². The van der Waals surface area contributed by atoms with Gasteiger partial charge in [0, 0.05) is 12.1 Å². The number of nitrogens with one attached hydrogen (secondary N) is 1. The quantitative estimate of drug-likeness (QED) is 0.743. The van der Waals surface area contributed by atoms with E-state index < -0.39 is 0 Å². The summed E-state index contributed by atoms with van der Waals surface area (Å²) in [5, 5.41) is 3.37. The molecule has 0 saturated heterocycles. The van der Waals surface area contributed by atoms with Crippen LogP contribution in [0.15, 0.2) is 12.1 Å². The molecule has 1 nitrogen and oxygen atoms in total. The normalized spacial score (nSPS) is 14.0. The Balaban J connectivity index is 1.94. The predicted molar refractivity (Wildman–Crippen MR) is 69.7 cm³/mol. The van der Waals surface area contributed by atoms with Crippen molar-refractivity contribution in [3.8, 4) is 0 Å². The summed E-state index contributed by atoms with van der Waals surface area (Å²) in [6.07, 6.45) is 7.03. The maximum Gasteiger partial charge on any atom is 0.127 e. The average Bonchev–Trinajstić information content (AvgIpc) is 2.79. The van der Waals surface area contributed by atoms with Gasteiger partial charge in [-0.1, -0.05) is 25.8 Å². The standard InChI is InChI=1S/C15H22FN/c1-2-3-4-10-17-11-14-13-7-5-6-12(13)8-9-15(14)16/h8-9,17H,2-7,10-11H2,1H3. The van der Waals surface area contributed by atoms with E-state index in [1.165, 1.54) is 36.8 Å². The fraction of sp³-hybridized carbons (Fsp3) is 0.600. The number of hydrogen-bond acceptors (Lipinski definition) is 1. The highest BCUT2D eigenvalue weighted by Crippen LogP contribution is 2.27. The lowest BCUT2D eigenvalue weighted by Crippen LogP contribution is -2.17. The topological polar surface area (TPSA) is 12.0 Å².